The van der Waals surface area contributed by atoms with Gasteiger partial charge in [0.1, 0.15) is 5.75 Å². The molecule has 106 valence electrons. The number of benzene rings is 1. The van der Waals surface area contributed by atoms with Crippen LogP contribution in [-0.2, 0) is 0 Å². The molecule has 0 aromatic heterocycles. The Kier molecular flexibility index (Phi) is 5.48. The second kappa shape index (κ2) is 7.36. The van der Waals surface area contributed by atoms with Crippen LogP contribution in [0.5, 0.6) is 5.75 Å². The van der Waals surface area contributed by atoms with Gasteiger partial charge in [0.15, 0.2) is 0 Å². The van der Waals surface area contributed by atoms with Crippen LogP contribution in [0.1, 0.15) is 12.8 Å². The molecule has 1 heterocycles. The molecule has 1 aromatic rings. The summed E-state index contributed by atoms with van der Waals surface area (Å²) in [7, 11) is 3.73. The molecule has 0 unspecified atom stereocenters. The van der Waals surface area contributed by atoms with Crippen molar-refractivity contribution in [1.82, 2.24) is 10.6 Å². The lowest BCUT2D eigenvalue weighted by Gasteiger charge is -2.34. The molecular weight excluding hydrogens is 238 g/mol. The number of rotatable bonds is 6. The Morgan fingerprint density at radius 1 is 1.21 bits per heavy atom. The van der Waals surface area contributed by atoms with Crippen molar-refractivity contribution in [3.05, 3.63) is 24.3 Å². The van der Waals surface area contributed by atoms with Crippen molar-refractivity contribution >= 4 is 5.69 Å². The molecular formula is C15H25N3O. The van der Waals surface area contributed by atoms with Crippen molar-refractivity contribution in [3.63, 3.8) is 0 Å². The third-order valence-corrected chi connectivity index (χ3v) is 3.73. The third-order valence-electron chi connectivity index (χ3n) is 3.73. The number of anilines is 1. The summed E-state index contributed by atoms with van der Waals surface area (Å²) in [6, 6.07) is 8.93. The molecule has 0 amide bonds. The largest absolute Gasteiger partial charge is 0.495 e. The monoisotopic (exact) mass is 263 g/mol. The minimum atomic E-state index is 0.652. The average Bonchev–Trinajstić information content (AvgIpc) is 2.48. The fraction of sp³-hybridized carbons (Fsp3) is 0.600. The molecule has 1 aliphatic rings. The highest BCUT2D eigenvalue weighted by atomic mass is 16.5. The van der Waals surface area contributed by atoms with Crippen LogP contribution in [0.2, 0.25) is 0 Å². The molecule has 0 aliphatic carbocycles. The average molecular weight is 263 g/mol. The molecule has 0 atom stereocenters. The van der Waals surface area contributed by atoms with E-state index in [2.05, 4.69) is 27.7 Å². The van der Waals surface area contributed by atoms with Crippen molar-refractivity contribution in [3.8, 4) is 5.75 Å². The maximum Gasteiger partial charge on any atom is 0.142 e. The predicted molar refractivity (Wildman–Crippen MR) is 80.2 cm³/mol. The highest BCUT2D eigenvalue weighted by Gasteiger charge is 2.20. The van der Waals surface area contributed by atoms with Crippen molar-refractivity contribution in [1.29, 1.82) is 0 Å². The minimum Gasteiger partial charge on any atom is -0.495 e. The van der Waals surface area contributed by atoms with Crippen LogP contribution in [0.4, 0.5) is 5.69 Å². The number of hydrogen-bond acceptors (Lipinski definition) is 4. The lowest BCUT2D eigenvalue weighted by Crippen LogP contribution is -2.44. The van der Waals surface area contributed by atoms with E-state index in [1.807, 2.05) is 19.2 Å². The zero-order valence-corrected chi connectivity index (χ0v) is 12.0. The van der Waals surface area contributed by atoms with Crippen LogP contribution >= 0.6 is 0 Å². The van der Waals surface area contributed by atoms with Crippen molar-refractivity contribution in [2.24, 2.45) is 0 Å². The van der Waals surface area contributed by atoms with Gasteiger partial charge in [0.2, 0.25) is 0 Å². The summed E-state index contributed by atoms with van der Waals surface area (Å²) >= 11 is 0. The van der Waals surface area contributed by atoms with Crippen molar-refractivity contribution in [2.45, 2.75) is 18.9 Å². The molecule has 0 bridgehead atoms. The van der Waals surface area contributed by atoms with Gasteiger partial charge >= 0.3 is 0 Å². The second-order valence-corrected chi connectivity index (χ2v) is 4.99. The molecule has 2 rings (SSSR count). The molecule has 4 heteroatoms. The van der Waals surface area contributed by atoms with Crippen molar-refractivity contribution in [2.75, 3.05) is 45.2 Å². The molecule has 0 radical (unpaired) electrons. The van der Waals surface area contributed by atoms with Crippen molar-refractivity contribution < 1.29 is 4.74 Å². The molecule has 1 fully saturated rings. The van der Waals surface area contributed by atoms with E-state index in [-0.39, 0.29) is 0 Å². The van der Waals surface area contributed by atoms with Gasteiger partial charge in [0.05, 0.1) is 12.8 Å². The Bertz CT molecular complexity index is 375. The first-order valence-electron chi connectivity index (χ1n) is 7.11. The van der Waals surface area contributed by atoms with Gasteiger partial charge in [-0.2, -0.15) is 0 Å². The first kappa shape index (κ1) is 14.2. The number of likely N-dealkylation sites (N-methyl/N-ethyl adjacent to an activating group) is 1. The van der Waals surface area contributed by atoms with E-state index >= 15 is 0 Å². The fourth-order valence-electron chi connectivity index (χ4n) is 2.62. The molecule has 4 nitrogen and oxygen atoms in total. The highest BCUT2D eigenvalue weighted by molar-refractivity contribution is 5.58. The fourth-order valence-corrected chi connectivity index (χ4v) is 2.62. The van der Waals surface area contributed by atoms with Crippen LogP contribution in [0.15, 0.2) is 24.3 Å². The highest BCUT2D eigenvalue weighted by Crippen LogP contribution is 2.29. The third kappa shape index (κ3) is 3.85. The van der Waals surface area contributed by atoms with Crippen LogP contribution in [-0.4, -0.2) is 46.4 Å². The Morgan fingerprint density at radius 3 is 2.63 bits per heavy atom. The second-order valence-electron chi connectivity index (χ2n) is 4.99. The van der Waals surface area contributed by atoms with Gasteiger partial charge in [0.25, 0.3) is 0 Å². The number of piperidine rings is 1. The van der Waals surface area contributed by atoms with Gasteiger partial charge in [-0.15, -0.1) is 0 Å². The molecule has 2 N–H and O–H groups in total. The minimum absolute atomic E-state index is 0.652. The Balaban J connectivity index is 1.85. The van der Waals surface area contributed by atoms with E-state index in [1.54, 1.807) is 7.11 Å². The van der Waals surface area contributed by atoms with Gasteiger partial charge in [-0.25, -0.2) is 0 Å². The Hall–Kier alpha value is -1.26. The number of nitrogens with one attached hydrogen (secondary N) is 2. The molecule has 1 saturated heterocycles. The quantitative estimate of drug-likeness (QED) is 0.762. The lowest BCUT2D eigenvalue weighted by atomic mass is 10.0. The zero-order valence-electron chi connectivity index (χ0n) is 12.0. The summed E-state index contributed by atoms with van der Waals surface area (Å²) in [5.41, 5.74) is 1.22. The SMILES string of the molecule is CNCCNC1CCN(c2ccccc2OC)CC1. The van der Waals surface area contributed by atoms with Gasteiger partial charge < -0.3 is 20.3 Å². The number of methoxy groups -OCH3 is 1. The van der Waals surface area contributed by atoms with E-state index < -0.39 is 0 Å². The van der Waals surface area contributed by atoms with Gasteiger partial charge in [-0.1, -0.05) is 12.1 Å². The molecule has 1 aliphatic heterocycles. The van der Waals surface area contributed by atoms with E-state index in [0.717, 1.165) is 31.9 Å². The Labute approximate surface area is 116 Å². The predicted octanol–water partition coefficient (Wildman–Crippen LogP) is 1.47. The number of ether oxygens (including phenoxy) is 1. The van der Waals surface area contributed by atoms with Gasteiger partial charge in [0, 0.05) is 32.2 Å². The summed E-state index contributed by atoms with van der Waals surface area (Å²) in [6.07, 6.45) is 2.39. The summed E-state index contributed by atoms with van der Waals surface area (Å²) in [6.45, 7) is 4.28. The van der Waals surface area contributed by atoms with E-state index in [4.69, 9.17) is 4.74 Å². The lowest BCUT2D eigenvalue weighted by molar-refractivity contribution is 0.398. The number of para-hydroxylation sites is 2. The Morgan fingerprint density at radius 2 is 1.95 bits per heavy atom. The topological polar surface area (TPSA) is 36.5 Å². The summed E-state index contributed by atoms with van der Waals surface area (Å²) in [4.78, 5) is 2.43. The smallest absolute Gasteiger partial charge is 0.142 e. The maximum absolute atomic E-state index is 5.44. The van der Waals surface area contributed by atoms with E-state index in [0.29, 0.717) is 6.04 Å². The molecule has 19 heavy (non-hydrogen) atoms. The molecule has 1 aromatic carbocycles. The number of nitrogens with zero attached hydrogens (tertiary/aromatic N) is 1. The van der Waals surface area contributed by atoms with E-state index in [1.165, 1.54) is 18.5 Å². The zero-order chi connectivity index (χ0) is 13.5. The summed E-state index contributed by atoms with van der Waals surface area (Å²) < 4.78 is 5.44. The first-order valence-corrected chi connectivity index (χ1v) is 7.11. The van der Waals surface area contributed by atoms with Crippen LogP contribution < -0.4 is 20.3 Å². The summed E-state index contributed by atoms with van der Waals surface area (Å²) in [5, 5.41) is 6.77. The number of hydrogen-bond donors (Lipinski definition) is 2. The summed E-state index contributed by atoms with van der Waals surface area (Å²) in [5.74, 6) is 0.976. The van der Waals surface area contributed by atoms with Gasteiger partial charge in [-0.05, 0) is 32.0 Å². The van der Waals surface area contributed by atoms with E-state index in [9.17, 15) is 0 Å². The molecule has 0 saturated carbocycles. The first-order chi connectivity index (χ1) is 9.35. The normalized spacial score (nSPS) is 16.6. The van der Waals surface area contributed by atoms with Crippen LogP contribution in [0, 0.1) is 0 Å². The standard InChI is InChI=1S/C15H25N3O/c1-16-9-10-17-13-7-11-18(12-8-13)14-5-3-4-6-15(14)19-2/h3-6,13,16-17H,7-12H2,1-2H3. The maximum atomic E-state index is 5.44. The van der Waals surface area contributed by atoms with Gasteiger partial charge in [-0.3, -0.25) is 0 Å². The van der Waals surface area contributed by atoms with Crippen LogP contribution in [0.25, 0.3) is 0 Å². The molecule has 0 spiro atoms. The van der Waals surface area contributed by atoms with Crippen LogP contribution in [0.3, 0.4) is 0 Å².